The van der Waals surface area contributed by atoms with Crippen molar-refractivity contribution in [1.82, 2.24) is 10.6 Å². The lowest BCUT2D eigenvalue weighted by Crippen LogP contribution is -2.37. The molecular weight excluding hydrogens is 252 g/mol. The van der Waals surface area contributed by atoms with Crippen LogP contribution in [0, 0.1) is 0 Å². The van der Waals surface area contributed by atoms with Gasteiger partial charge in [-0.2, -0.15) is 0 Å². The Hall–Kier alpha value is -1.99. The summed E-state index contributed by atoms with van der Waals surface area (Å²) in [5.74, 6) is -0.380. The maximum Gasteiger partial charge on any atom is 0.324 e. The van der Waals surface area contributed by atoms with Crippen LogP contribution in [-0.2, 0) is 9.53 Å². The Morgan fingerprint density at radius 2 is 1.74 bits per heavy atom. The molecule has 2 saturated heterocycles. The molecule has 102 valence electrons. The first-order valence-corrected chi connectivity index (χ1v) is 5.98. The van der Waals surface area contributed by atoms with Crippen LogP contribution in [0.3, 0.4) is 0 Å². The van der Waals surface area contributed by atoms with E-state index in [0.29, 0.717) is 25.9 Å². The highest BCUT2D eigenvalue weighted by Gasteiger charge is 2.33. The van der Waals surface area contributed by atoms with Gasteiger partial charge in [-0.05, 0) is 17.5 Å². The van der Waals surface area contributed by atoms with E-state index in [2.05, 4.69) is 30.7 Å². The monoisotopic (exact) mass is 266 g/mol. The molecule has 0 bridgehead atoms. The number of hydrogen-bond donors (Lipinski definition) is 2. The van der Waals surface area contributed by atoms with Crippen molar-refractivity contribution >= 4 is 5.97 Å². The number of ether oxygens (including phenoxy) is 1. The normalized spacial score (nSPS) is 33.3. The van der Waals surface area contributed by atoms with Crippen molar-refractivity contribution in [2.45, 2.75) is 37.2 Å². The molecule has 0 unspecified atom stereocenters. The maximum atomic E-state index is 11.9. The SMILES string of the molecule is [N-]=[N+]=N[C@H]1CN[C@H](OC(=O)[C@H]2C[C@@H](N=[N+]=[N-])CN2)C1. The predicted molar refractivity (Wildman–Crippen MR) is 64.8 cm³/mol. The molecule has 10 nitrogen and oxygen atoms in total. The largest absolute Gasteiger partial charge is 0.445 e. The van der Waals surface area contributed by atoms with Crippen LogP contribution >= 0.6 is 0 Å². The maximum absolute atomic E-state index is 11.9. The molecule has 4 atom stereocenters. The highest BCUT2D eigenvalue weighted by Crippen LogP contribution is 2.16. The molecule has 2 rings (SSSR count). The van der Waals surface area contributed by atoms with E-state index >= 15 is 0 Å². The summed E-state index contributed by atoms with van der Waals surface area (Å²) in [4.78, 5) is 17.3. The molecule has 0 spiro atoms. The molecule has 2 fully saturated rings. The van der Waals surface area contributed by atoms with Crippen LogP contribution in [0.1, 0.15) is 12.8 Å². The molecule has 0 saturated carbocycles. The topological polar surface area (TPSA) is 148 Å². The van der Waals surface area contributed by atoms with Crippen LogP contribution in [0.5, 0.6) is 0 Å². The average molecular weight is 266 g/mol. The predicted octanol–water partition coefficient (Wildman–Crippen LogP) is 0.569. The Morgan fingerprint density at radius 3 is 2.42 bits per heavy atom. The second-order valence-electron chi connectivity index (χ2n) is 4.48. The van der Waals surface area contributed by atoms with Gasteiger partial charge >= 0.3 is 5.97 Å². The third-order valence-electron chi connectivity index (χ3n) is 3.15. The summed E-state index contributed by atoms with van der Waals surface area (Å²) in [5, 5.41) is 13.1. The molecule has 0 aromatic carbocycles. The smallest absolute Gasteiger partial charge is 0.324 e. The summed E-state index contributed by atoms with van der Waals surface area (Å²) in [6, 6.07) is -0.846. The number of azide groups is 2. The number of nitrogens with zero attached hydrogens (tertiary/aromatic N) is 6. The molecule has 0 aliphatic carbocycles. The highest BCUT2D eigenvalue weighted by molar-refractivity contribution is 5.76. The number of rotatable bonds is 4. The Morgan fingerprint density at radius 1 is 1.11 bits per heavy atom. The summed E-state index contributed by atoms with van der Waals surface area (Å²) < 4.78 is 5.27. The van der Waals surface area contributed by atoms with Gasteiger partial charge in [0.05, 0.1) is 12.1 Å². The fourth-order valence-corrected chi connectivity index (χ4v) is 2.21. The zero-order chi connectivity index (χ0) is 13.7. The fourth-order valence-electron chi connectivity index (χ4n) is 2.21. The lowest BCUT2D eigenvalue weighted by molar-refractivity contribution is -0.152. The van der Waals surface area contributed by atoms with E-state index in [1.165, 1.54) is 0 Å². The molecular formula is C9H14N8O2. The van der Waals surface area contributed by atoms with E-state index in [-0.39, 0.29) is 18.1 Å². The zero-order valence-corrected chi connectivity index (χ0v) is 10.1. The van der Waals surface area contributed by atoms with E-state index in [1.807, 2.05) is 0 Å². The summed E-state index contributed by atoms with van der Waals surface area (Å²) >= 11 is 0. The number of esters is 1. The fraction of sp³-hybridized carbons (Fsp3) is 0.889. The zero-order valence-electron chi connectivity index (χ0n) is 10.1. The van der Waals surface area contributed by atoms with Crippen LogP contribution in [0.25, 0.3) is 20.9 Å². The summed E-state index contributed by atoms with van der Waals surface area (Å²) in [6.07, 6.45) is 0.487. The highest BCUT2D eigenvalue weighted by atomic mass is 16.6. The van der Waals surface area contributed by atoms with Crippen molar-refractivity contribution in [3.8, 4) is 0 Å². The average Bonchev–Trinajstić information content (AvgIpc) is 3.00. The quantitative estimate of drug-likeness (QED) is 0.331. The molecule has 2 aliphatic rings. The van der Waals surface area contributed by atoms with Crippen LogP contribution in [0.4, 0.5) is 0 Å². The standard InChI is InChI=1S/C9H14N8O2/c10-16-14-5-1-7(12-3-5)9(18)19-8-2-6(4-13-8)15-17-11/h5-8,12-13H,1-4H2/t5-,6-,7-,8-/m1/s1. The van der Waals surface area contributed by atoms with Crippen LogP contribution in [0.15, 0.2) is 10.2 Å². The summed E-state index contributed by atoms with van der Waals surface area (Å²) in [7, 11) is 0. The molecule has 2 N–H and O–H groups in total. The molecule has 0 aromatic rings. The minimum atomic E-state index is -0.448. The van der Waals surface area contributed by atoms with Gasteiger partial charge in [0.25, 0.3) is 0 Å². The van der Waals surface area contributed by atoms with Gasteiger partial charge in [-0.1, -0.05) is 10.2 Å². The van der Waals surface area contributed by atoms with Gasteiger partial charge in [0.2, 0.25) is 0 Å². The van der Waals surface area contributed by atoms with Crippen molar-refractivity contribution in [3.05, 3.63) is 20.9 Å². The summed E-state index contributed by atoms with van der Waals surface area (Å²) in [5.41, 5.74) is 16.6. The first-order chi connectivity index (χ1) is 9.22. The Balaban J connectivity index is 1.79. The van der Waals surface area contributed by atoms with Crippen molar-refractivity contribution in [1.29, 1.82) is 0 Å². The minimum absolute atomic E-state index is 0.185. The van der Waals surface area contributed by atoms with Crippen molar-refractivity contribution in [2.24, 2.45) is 10.2 Å². The van der Waals surface area contributed by atoms with Gasteiger partial charge in [-0.25, -0.2) is 0 Å². The molecule has 0 amide bonds. The van der Waals surface area contributed by atoms with E-state index in [1.54, 1.807) is 0 Å². The van der Waals surface area contributed by atoms with Crippen LogP contribution in [-0.4, -0.2) is 43.4 Å². The third-order valence-corrected chi connectivity index (χ3v) is 3.15. The van der Waals surface area contributed by atoms with Gasteiger partial charge < -0.3 is 10.1 Å². The third kappa shape index (κ3) is 3.49. The molecule has 0 radical (unpaired) electrons. The van der Waals surface area contributed by atoms with Crippen LogP contribution < -0.4 is 10.6 Å². The Kier molecular flexibility index (Phi) is 4.43. The Labute approximate surface area is 108 Å². The van der Waals surface area contributed by atoms with Crippen LogP contribution in [0.2, 0.25) is 0 Å². The molecule has 2 aliphatic heterocycles. The van der Waals surface area contributed by atoms with Gasteiger partial charge in [0.1, 0.15) is 6.04 Å². The first kappa shape index (κ1) is 13.4. The Bertz CT molecular complexity index is 442. The van der Waals surface area contributed by atoms with E-state index < -0.39 is 12.3 Å². The van der Waals surface area contributed by atoms with Crippen molar-refractivity contribution in [3.63, 3.8) is 0 Å². The lowest BCUT2D eigenvalue weighted by atomic mass is 10.2. The second-order valence-corrected chi connectivity index (χ2v) is 4.48. The summed E-state index contributed by atoms with van der Waals surface area (Å²) in [6.45, 7) is 0.977. The van der Waals surface area contributed by atoms with E-state index in [0.717, 1.165) is 0 Å². The molecule has 10 heteroatoms. The van der Waals surface area contributed by atoms with Crippen molar-refractivity contribution in [2.75, 3.05) is 13.1 Å². The van der Waals surface area contributed by atoms with Gasteiger partial charge in [0.15, 0.2) is 6.23 Å². The minimum Gasteiger partial charge on any atom is -0.445 e. The number of carbonyl (C=O) groups excluding carboxylic acids is 1. The van der Waals surface area contributed by atoms with E-state index in [9.17, 15) is 4.79 Å². The first-order valence-electron chi connectivity index (χ1n) is 5.98. The van der Waals surface area contributed by atoms with Crippen molar-refractivity contribution < 1.29 is 9.53 Å². The second kappa shape index (κ2) is 6.26. The number of hydrogen-bond acceptors (Lipinski definition) is 6. The van der Waals surface area contributed by atoms with Gasteiger partial charge in [-0.3, -0.25) is 10.1 Å². The number of nitrogens with one attached hydrogen (secondary N) is 2. The lowest BCUT2D eigenvalue weighted by Gasteiger charge is -2.15. The molecule has 19 heavy (non-hydrogen) atoms. The molecule has 0 aromatic heterocycles. The number of carbonyl (C=O) groups is 1. The van der Waals surface area contributed by atoms with Gasteiger partial charge in [0, 0.05) is 29.3 Å². The molecule has 2 heterocycles. The van der Waals surface area contributed by atoms with E-state index in [4.69, 9.17) is 15.8 Å². The van der Waals surface area contributed by atoms with Gasteiger partial charge in [-0.15, -0.1) is 0 Å².